The van der Waals surface area contributed by atoms with Crippen LogP contribution in [0.4, 0.5) is 0 Å². The predicted molar refractivity (Wildman–Crippen MR) is 118 cm³/mol. The van der Waals surface area contributed by atoms with Crippen molar-refractivity contribution in [1.82, 2.24) is 10.6 Å². The van der Waals surface area contributed by atoms with E-state index in [1.54, 1.807) is 24.3 Å². The summed E-state index contributed by atoms with van der Waals surface area (Å²) >= 11 is 0. The molecule has 0 saturated carbocycles. The van der Waals surface area contributed by atoms with E-state index in [4.69, 9.17) is 5.73 Å². The minimum Gasteiger partial charge on any atom is -0.508 e. The highest BCUT2D eigenvalue weighted by Crippen LogP contribution is 2.12. The van der Waals surface area contributed by atoms with E-state index >= 15 is 0 Å². The molecule has 6 nitrogen and oxygen atoms in total. The Bertz CT molecular complexity index is 575. The number of benzene rings is 1. The van der Waals surface area contributed by atoms with Crippen LogP contribution in [0.2, 0.25) is 0 Å². The SMILES string of the molecule is CCCC(=O)N[C@@H](Cc1ccc(O)cc1)C(=O)NCCCCCCCCCCN. The molecule has 29 heavy (non-hydrogen) atoms. The molecule has 0 fully saturated rings. The van der Waals surface area contributed by atoms with Crippen LogP contribution in [0.5, 0.6) is 5.75 Å². The highest BCUT2D eigenvalue weighted by molar-refractivity contribution is 5.87. The van der Waals surface area contributed by atoms with E-state index in [0.29, 0.717) is 19.4 Å². The number of rotatable bonds is 16. The van der Waals surface area contributed by atoms with Crippen LogP contribution < -0.4 is 16.4 Å². The lowest BCUT2D eigenvalue weighted by atomic mass is 10.0. The predicted octanol–water partition coefficient (Wildman–Crippen LogP) is 3.42. The lowest BCUT2D eigenvalue weighted by Gasteiger charge is -2.19. The van der Waals surface area contributed by atoms with Crippen molar-refractivity contribution in [3.05, 3.63) is 29.8 Å². The zero-order valence-corrected chi connectivity index (χ0v) is 17.9. The molecule has 1 rings (SSSR count). The molecule has 164 valence electrons. The van der Waals surface area contributed by atoms with Crippen molar-refractivity contribution in [3.8, 4) is 5.75 Å². The lowest BCUT2D eigenvalue weighted by Crippen LogP contribution is -2.48. The first-order valence-corrected chi connectivity index (χ1v) is 11.1. The van der Waals surface area contributed by atoms with E-state index in [1.165, 1.54) is 32.1 Å². The summed E-state index contributed by atoms with van der Waals surface area (Å²) in [4.78, 5) is 24.6. The Morgan fingerprint density at radius 3 is 2.14 bits per heavy atom. The molecule has 0 spiro atoms. The molecule has 0 saturated heterocycles. The Labute approximate surface area is 175 Å². The van der Waals surface area contributed by atoms with E-state index in [0.717, 1.165) is 37.8 Å². The molecule has 2 amide bonds. The molecular weight excluding hydrogens is 366 g/mol. The van der Waals surface area contributed by atoms with Crippen LogP contribution in [0.1, 0.15) is 76.7 Å². The second-order valence-corrected chi connectivity index (χ2v) is 7.65. The van der Waals surface area contributed by atoms with Crippen LogP contribution in [-0.4, -0.2) is 36.1 Å². The van der Waals surface area contributed by atoms with Gasteiger partial charge in [0, 0.05) is 19.4 Å². The number of hydrogen-bond donors (Lipinski definition) is 4. The summed E-state index contributed by atoms with van der Waals surface area (Å²) in [5, 5.41) is 15.2. The highest BCUT2D eigenvalue weighted by atomic mass is 16.3. The van der Waals surface area contributed by atoms with Crippen LogP contribution in [-0.2, 0) is 16.0 Å². The quantitative estimate of drug-likeness (QED) is 0.316. The summed E-state index contributed by atoms with van der Waals surface area (Å²) in [5.41, 5.74) is 6.39. The standard InChI is InChI=1S/C23H39N3O3/c1-2-11-22(28)26-21(18-19-12-14-20(27)15-13-19)23(29)25-17-10-8-6-4-3-5-7-9-16-24/h12-15,21,27H,2-11,16-18,24H2,1H3,(H,25,29)(H,26,28)/t21-/m0/s1. The van der Waals surface area contributed by atoms with Gasteiger partial charge in [-0.1, -0.05) is 57.6 Å². The average molecular weight is 406 g/mol. The Morgan fingerprint density at radius 2 is 1.55 bits per heavy atom. The highest BCUT2D eigenvalue weighted by Gasteiger charge is 2.20. The fourth-order valence-corrected chi connectivity index (χ4v) is 3.24. The Balaban J connectivity index is 2.34. The first kappa shape index (κ1) is 25.0. The third kappa shape index (κ3) is 12.2. The summed E-state index contributed by atoms with van der Waals surface area (Å²) in [6, 6.07) is 6.13. The molecule has 0 bridgehead atoms. The smallest absolute Gasteiger partial charge is 0.242 e. The number of carbonyl (C=O) groups excluding carboxylic acids is 2. The molecule has 0 heterocycles. The topological polar surface area (TPSA) is 104 Å². The number of phenolic OH excluding ortho intramolecular Hbond substituents is 1. The Hall–Kier alpha value is -2.08. The molecule has 0 aliphatic rings. The van der Waals surface area contributed by atoms with Gasteiger partial charge in [0.1, 0.15) is 11.8 Å². The number of unbranched alkanes of at least 4 members (excludes halogenated alkanes) is 7. The maximum Gasteiger partial charge on any atom is 0.242 e. The molecule has 0 aliphatic carbocycles. The molecule has 1 atom stereocenters. The number of amides is 2. The van der Waals surface area contributed by atoms with Crippen LogP contribution in [0, 0.1) is 0 Å². The van der Waals surface area contributed by atoms with Gasteiger partial charge in [-0.3, -0.25) is 9.59 Å². The van der Waals surface area contributed by atoms with Gasteiger partial charge >= 0.3 is 0 Å². The van der Waals surface area contributed by atoms with Crippen molar-refractivity contribution >= 4 is 11.8 Å². The van der Waals surface area contributed by atoms with Gasteiger partial charge in [0.25, 0.3) is 0 Å². The van der Waals surface area contributed by atoms with Crippen molar-refractivity contribution in [1.29, 1.82) is 0 Å². The minimum atomic E-state index is -0.596. The van der Waals surface area contributed by atoms with Gasteiger partial charge in [-0.05, 0) is 43.5 Å². The normalized spacial score (nSPS) is 11.8. The molecule has 0 aliphatic heterocycles. The number of phenols is 1. The van der Waals surface area contributed by atoms with Gasteiger partial charge in [-0.2, -0.15) is 0 Å². The molecular formula is C23H39N3O3. The molecule has 5 N–H and O–H groups in total. The number of hydrogen-bond acceptors (Lipinski definition) is 4. The van der Waals surface area contributed by atoms with E-state index in [9.17, 15) is 14.7 Å². The second kappa shape index (κ2) is 15.8. The molecule has 1 aromatic carbocycles. The van der Waals surface area contributed by atoms with E-state index in [2.05, 4.69) is 10.6 Å². The first-order valence-electron chi connectivity index (χ1n) is 11.1. The number of nitrogens with two attached hydrogens (primary N) is 1. The number of carbonyl (C=O) groups is 2. The zero-order chi connectivity index (χ0) is 21.3. The number of nitrogens with one attached hydrogen (secondary N) is 2. The van der Waals surface area contributed by atoms with Crippen molar-refractivity contribution in [2.24, 2.45) is 5.73 Å². The van der Waals surface area contributed by atoms with Crippen LogP contribution in [0.3, 0.4) is 0 Å². The third-order valence-corrected chi connectivity index (χ3v) is 4.94. The fraction of sp³-hybridized carbons (Fsp3) is 0.652. The molecule has 0 unspecified atom stereocenters. The van der Waals surface area contributed by atoms with E-state index in [-0.39, 0.29) is 17.6 Å². The first-order chi connectivity index (χ1) is 14.1. The van der Waals surface area contributed by atoms with Gasteiger partial charge in [0.15, 0.2) is 0 Å². The maximum absolute atomic E-state index is 12.6. The van der Waals surface area contributed by atoms with Gasteiger partial charge in [-0.15, -0.1) is 0 Å². The van der Waals surface area contributed by atoms with Crippen molar-refractivity contribution in [3.63, 3.8) is 0 Å². The van der Waals surface area contributed by atoms with Gasteiger partial charge in [0.2, 0.25) is 11.8 Å². The summed E-state index contributed by atoms with van der Waals surface area (Å²) in [5.74, 6) is -0.0745. The summed E-state index contributed by atoms with van der Waals surface area (Å²) < 4.78 is 0. The van der Waals surface area contributed by atoms with Gasteiger partial charge in [-0.25, -0.2) is 0 Å². The molecule has 6 heteroatoms. The third-order valence-electron chi connectivity index (χ3n) is 4.94. The largest absolute Gasteiger partial charge is 0.508 e. The van der Waals surface area contributed by atoms with E-state index in [1.807, 2.05) is 6.92 Å². The molecule has 0 aromatic heterocycles. The van der Waals surface area contributed by atoms with Crippen molar-refractivity contribution < 1.29 is 14.7 Å². The van der Waals surface area contributed by atoms with Crippen LogP contribution >= 0.6 is 0 Å². The van der Waals surface area contributed by atoms with Gasteiger partial charge in [0.05, 0.1) is 0 Å². The monoisotopic (exact) mass is 405 g/mol. The minimum absolute atomic E-state index is 0.110. The number of aromatic hydroxyl groups is 1. The van der Waals surface area contributed by atoms with Crippen molar-refractivity contribution in [2.45, 2.75) is 83.6 Å². The van der Waals surface area contributed by atoms with Crippen molar-refractivity contribution in [2.75, 3.05) is 13.1 Å². The Morgan fingerprint density at radius 1 is 0.966 bits per heavy atom. The van der Waals surface area contributed by atoms with Gasteiger partial charge < -0.3 is 21.5 Å². The summed E-state index contributed by atoms with van der Waals surface area (Å²) in [7, 11) is 0. The maximum atomic E-state index is 12.6. The summed E-state index contributed by atoms with van der Waals surface area (Å²) in [6.07, 6.45) is 10.9. The molecule has 0 radical (unpaired) electrons. The average Bonchev–Trinajstić information content (AvgIpc) is 2.70. The van der Waals surface area contributed by atoms with E-state index < -0.39 is 6.04 Å². The lowest BCUT2D eigenvalue weighted by molar-refractivity contribution is -0.129. The summed E-state index contributed by atoms with van der Waals surface area (Å²) in [6.45, 7) is 3.35. The second-order valence-electron chi connectivity index (χ2n) is 7.65. The fourth-order valence-electron chi connectivity index (χ4n) is 3.24. The zero-order valence-electron chi connectivity index (χ0n) is 17.9. The van der Waals surface area contributed by atoms with Crippen LogP contribution in [0.15, 0.2) is 24.3 Å². The Kier molecular flexibility index (Phi) is 13.6. The van der Waals surface area contributed by atoms with Crippen LogP contribution in [0.25, 0.3) is 0 Å². The molecule has 1 aromatic rings.